The van der Waals surface area contributed by atoms with Crippen LogP contribution in [0.1, 0.15) is 25.1 Å². The minimum absolute atomic E-state index is 0.0571. The molecule has 0 saturated heterocycles. The maximum Gasteiger partial charge on any atom is 0.193 e. The van der Waals surface area contributed by atoms with Gasteiger partial charge in [0.25, 0.3) is 0 Å². The zero-order chi connectivity index (χ0) is 19.1. The average Bonchev–Trinajstić information content (AvgIpc) is 2.64. The maximum absolute atomic E-state index is 12.9. The second kappa shape index (κ2) is 10.0. The van der Waals surface area contributed by atoms with Gasteiger partial charge in [0.05, 0.1) is 40.6 Å². The summed E-state index contributed by atoms with van der Waals surface area (Å²) in [5.74, 6) is 0.273. The van der Waals surface area contributed by atoms with E-state index in [1.165, 1.54) is 0 Å². The van der Waals surface area contributed by atoms with Gasteiger partial charge in [0.15, 0.2) is 11.7 Å². The first-order chi connectivity index (χ1) is 12.5. The van der Waals surface area contributed by atoms with Gasteiger partial charge < -0.3 is 20.9 Å². The average molecular weight is 472 g/mol. The lowest BCUT2D eigenvalue weighted by Crippen LogP contribution is -2.29. The lowest BCUT2D eigenvalue weighted by Gasteiger charge is -2.17. The number of aromatic nitrogens is 1. The second-order valence-corrected chi connectivity index (χ2v) is 6.52. The summed E-state index contributed by atoms with van der Waals surface area (Å²) in [6.07, 6.45) is -0.0326. The van der Waals surface area contributed by atoms with Crippen molar-refractivity contribution in [3.8, 4) is 0 Å². The highest BCUT2D eigenvalue weighted by Gasteiger charge is 2.18. The highest BCUT2D eigenvalue weighted by molar-refractivity contribution is 14.1. The number of pyridine rings is 1. The molecule has 4 N–H and O–H groups in total. The van der Waals surface area contributed by atoms with E-state index in [9.17, 15) is 4.79 Å². The van der Waals surface area contributed by atoms with Gasteiger partial charge in [-0.2, -0.15) is 0 Å². The van der Waals surface area contributed by atoms with Crippen molar-refractivity contribution in [2.45, 2.75) is 26.6 Å². The molecule has 26 heavy (non-hydrogen) atoms. The van der Waals surface area contributed by atoms with Gasteiger partial charge >= 0.3 is 0 Å². The molecule has 1 aromatic carbocycles. The zero-order valence-corrected chi connectivity index (χ0v) is 17.2. The fourth-order valence-electron chi connectivity index (χ4n) is 2.75. The van der Waals surface area contributed by atoms with Crippen LogP contribution in [0.5, 0.6) is 0 Å². The van der Waals surface area contributed by atoms with E-state index < -0.39 is 6.29 Å². The Balaban J connectivity index is 2.52. The van der Waals surface area contributed by atoms with Gasteiger partial charge in [0.1, 0.15) is 5.84 Å². The van der Waals surface area contributed by atoms with Crippen molar-refractivity contribution in [2.75, 3.05) is 26.3 Å². The van der Waals surface area contributed by atoms with Gasteiger partial charge in [-0.05, 0) is 38.9 Å². The molecule has 142 valence electrons. The van der Waals surface area contributed by atoms with Crippen LogP contribution < -0.4 is 16.9 Å². The predicted octanol–water partition coefficient (Wildman–Crippen LogP) is 1.81. The molecule has 1 aromatic heterocycles. The highest BCUT2D eigenvalue weighted by Crippen LogP contribution is 2.19. The topological polar surface area (TPSA) is 105 Å². The Morgan fingerprint density at radius 3 is 2.54 bits per heavy atom. The fourth-order valence-corrected chi connectivity index (χ4v) is 3.71. The summed E-state index contributed by atoms with van der Waals surface area (Å²) >= 11 is 2.14. The molecule has 8 heteroatoms. The van der Waals surface area contributed by atoms with Crippen LogP contribution in [-0.4, -0.2) is 41.2 Å². The standard InChI is InChI=1S/C18H25IN4O3/c1-3-25-15(26-4-2)11-22-18(21)16-13(9-10-20)17(24)12-7-5-6-8-14(12)23(16)19/h5-8,15H,3-4,9-11,20H2,1-2H3,(H2,21,22). The lowest BCUT2D eigenvalue weighted by molar-refractivity contribution is -0.128. The Morgan fingerprint density at radius 2 is 1.92 bits per heavy atom. The van der Waals surface area contributed by atoms with E-state index >= 15 is 0 Å². The molecule has 0 aliphatic rings. The SMILES string of the molecule is CCOC(CN=C(N)c1c(CCN)c(=O)c2ccccc2n1I)OCC. The quantitative estimate of drug-likeness (QED) is 0.251. The number of hydrogen-bond acceptors (Lipinski definition) is 5. The largest absolute Gasteiger partial charge is 0.382 e. The molecule has 0 unspecified atom stereocenters. The normalized spacial score (nSPS) is 12.3. The third-order valence-electron chi connectivity index (χ3n) is 3.87. The molecule has 0 spiro atoms. The van der Waals surface area contributed by atoms with Crippen molar-refractivity contribution in [3.05, 3.63) is 45.7 Å². The van der Waals surface area contributed by atoms with E-state index in [0.29, 0.717) is 42.8 Å². The van der Waals surface area contributed by atoms with Gasteiger partial charge in [-0.25, -0.2) is 0 Å². The molecule has 0 fully saturated rings. The van der Waals surface area contributed by atoms with Crippen LogP contribution >= 0.6 is 22.9 Å². The molecule has 0 radical (unpaired) electrons. The number of hydrogen-bond donors (Lipinski definition) is 2. The first kappa shape index (κ1) is 20.8. The minimum atomic E-state index is -0.462. The number of aliphatic imine (C=N–C) groups is 1. The van der Waals surface area contributed by atoms with Crippen LogP contribution in [0.25, 0.3) is 10.9 Å². The molecule has 0 aliphatic heterocycles. The molecule has 0 aliphatic carbocycles. The van der Waals surface area contributed by atoms with Gasteiger partial charge in [-0.1, -0.05) is 12.1 Å². The molecular weight excluding hydrogens is 447 g/mol. The van der Waals surface area contributed by atoms with Crippen LogP contribution in [0.4, 0.5) is 0 Å². The molecule has 1 heterocycles. The van der Waals surface area contributed by atoms with Crippen molar-refractivity contribution >= 4 is 39.6 Å². The molecular formula is C18H25IN4O3. The molecule has 7 nitrogen and oxygen atoms in total. The summed E-state index contributed by atoms with van der Waals surface area (Å²) in [5, 5.41) is 0.642. The van der Waals surface area contributed by atoms with E-state index in [-0.39, 0.29) is 17.8 Å². The first-order valence-electron chi connectivity index (χ1n) is 8.61. The third kappa shape index (κ3) is 4.61. The smallest absolute Gasteiger partial charge is 0.193 e. The van der Waals surface area contributed by atoms with E-state index in [1.54, 1.807) is 0 Å². The van der Waals surface area contributed by atoms with Crippen molar-refractivity contribution < 1.29 is 9.47 Å². The van der Waals surface area contributed by atoms with Crippen molar-refractivity contribution in [3.63, 3.8) is 0 Å². The molecule has 0 atom stereocenters. The Morgan fingerprint density at radius 1 is 1.27 bits per heavy atom. The van der Waals surface area contributed by atoms with Crippen LogP contribution in [0.2, 0.25) is 0 Å². The van der Waals surface area contributed by atoms with E-state index in [0.717, 1.165) is 5.52 Å². The number of para-hydroxylation sites is 1. The van der Waals surface area contributed by atoms with Gasteiger partial charge in [0, 0.05) is 24.2 Å². The maximum atomic E-state index is 12.9. The number of fused-ring (bicyclic) bond motifs is 1. The van der Waals surface area contributed by atoms with Crippen molar-refractivity contribution in [1.82, 2.24) is 2.78 Å². The predicted molar refractivity (Wildman–Crippen MR) is 113 cm³/mol. The zero-order valence-electron chi connectivity index (χ0n) is 15.1. The Hall–Kier alpha value is -1.49. The van der Waals surface area contributed by atoms with E-state index in [1.807, 2.05) is 40.9 Å². The highest BCUT2D eigenvalue weighted by atomic mass is 127. The van der Waals surface area contributed by atoms with Crippen LogP contribution in [0, 0.1) is 0 Å². The number of halogens is 1. The van der Waals surface area contributed by atoms with Crippen LogP contribution in [0.3, 0.4) is 0 Å². The monoisotopic (exact) mass is 472 g/mol. The summed E-state index contributed by atoms with van der Waals surface area (Å²) < 4.78 is 12.9. The molecule has 2 rings (SSSR count). The first-order valence-corrected chi connectivity index (χ1v) is 9.57. The number of nitrogens with two attached hydrogens (primary N) is 2. The molecule has 0 bridgehead atoms. The third-order valence-corrected chi connectivity index (χ3v) is 4.87. The number of rotatable bonds is 9. The lowest BCUT2D eigenvalue weighted by atomic mass is 10.0. The summed E-state index contributed by atoms with van der Waals surface area (Å²) in [4.78, 5) is 17.3. The molecule has 0 amide bonds. The minimum Gasteiger partial charge on any atom is -0.382 e. The number of ether oxygens (including phenoxy) is 2. The number of nitrogens with zero attached hydrogens (tertiary/aromatic N) is 2. The summed E-state index contributed by atoms with van der Waals surface area (Å²) in [5.41, 5.74) is 13.9. The Bertz CT molecular complexity index is 829. The fraction of sp³-hybridized carbons (Fsp3) is 0.444. The molecule has 0 saturated carbocycles. The second-order valence-electron chi connectivity index (χ2n) is 5.56. The summed E-state index contributed by atoms with van der Waals surface area (Å²) in [6.45, 7) is 5.43. The number of amidine groups is 1. The number of benzene rings is 1. The van der Waals surface area contributed by atoms with Gasteiger partial charge in [-0.3, -0.25) is 12.6 Å². The summed E-state index contributed by atoms with van der Waals surface area (Å²) in [6, 6.07) is 7.43. The van der Waals surface area contributed by atoms with Crippen molar-refractivity contribution in [1.29, 1.82) is 0 Å². The van der Waals surface area contributed by atoms with E-state index in [4.69, 9.17) is 20.9 Å². The van der Waals surface area contributed by atoms with Crippen LogP contribution in [0.15, 0.2) is 34.1 Å². The summed E-state index contributed by atoms with van der Waals surface area (Å²) in [7, 11) is 0. The van der Waals surface area contributed by atoms with Crippen LogP contribution in [-0.2, 0) is 15.9 Å². The van der Waals surface area contributed by atoms with E-state index in [2.05, 4.69) is 27.9 Å². The van der Waals surface area contributed by atoms with Gasteiger partial charge in [-0.15, -0.1) is 0 Å². The molecule has 2 aromatic rings. The van der Waals surface area contributed by atoms with Gasteiger partial charge in [0.2, 0.25) is 0 Å². The Labute approximate surface area is 166 Å². The van der Waals surface area contributed by atoms with Crippen molar-refractivity contribution in [2.24, 2.45) is 16.5 Å². The Kier molecular flexibility index (Phi) is 8.01.